The van der Waals surface area contributed by atoms with Gasteiger partial charge in [0.05, 0.1) is 16.6 Å². The summed E-state index contributed by atoms with van der Waals surface area (Å²) >= 11 is 0. The Morgan fingerprint density at radius 2 is 2.03 bits per heavy atom. The van der Waals surface area contributed by atoms with Crippen molar-refractivity contribution in [1.29, 1.82) is 5.41 Å². The fourth-order valence-electron chi connectivity index (χ4n) is 3.24. The van der Waals surface area contributed by atoms with Crippen LogP contribution in [0.4, 0.5) is 4.39 Å². The van der Waals surface area contributed by atoms with Crippen LogP contribution in [0.3, 0.4) is 0 Å². The number of H-pyrrole nitrogens is 1. The van der Waals surface area contributed by atoms with Crippen molar-refractivity contribution in [2.75, 3.05) is 0 Å². The van der Waals surface area contributed by atoms with Gasteiger partial charge < -0.3 is 5.41 Å². The van der Waals surface area contributed by atoms with Gasteiger partial charge in [-0.05, 0) is 55.0 Å². The van der Waals surface area contributed by atoms with E-state index in [-0.39, 0.29) is 11.5 Å². The van der Waals surface area contributed by atoms with Gasteiger partial charge in [0.25, 0.3) is 0 Å². The molecule has 1 atom stereocenters. The zero-order valence-corrected chi connectivity index (χ0v) is 16.4. The Morgan fingerprint density at radius 1 is 1.17 bits per heavy atom. The summed E-state index contributed by atoms with van der Waals surface area (Å²) in [6, 6.07) is 15.9. The first-order valence-corrected chi connectivity index (χ1v) is 9.44. The maximum absolute atomic E-state index is 13.4. The summed E-state index contributed by atoms with van der Waals surface area (Å²) in [7, 11) is 0. The Labute approximate surface area is 173 Å². The van der Waals surface area contributed by atoms with Crippen molar-refractivity contribution in [2.45, 2.75) is 12.3 Å². The Hall–Kier alpha value is -3.93. The number of allylic oxidation sites excluding steroid dienone is 2. The molecule has 0 radical (unpaired) electrons. The third-order valence-corrected chi connectivity index (χ3v) is 5.14. The number of aromatic amines is 1. The number of halogens is 1. The molecule has 6 heteroatoms. The SMILES string of the molecule is C=C[C@@](C)(c1ccc2ncccc2c1)c1nc(/C=C\C(=N)c2cccc(F)c2)n[nH]1. The lowest BCUT2D eigenvalue weighted by atomic mass is 9.81. The molecular weight excluding hydrogens is 377 g/mol. The molecule has 0 unspecified atom stereocenters. The molecule has 4 rings (SSSR count). The summed E-state index contributed by atoms with van der Waals surface area (Å²) in [5.74, 6) is 0.692. The molecule has 2 aromatic heterocycles. The third-order valence-electron chi connectivity index (χ3n) is 5.14. The minimum absolute atomic E-state index is 0.175. The Balaban J connectivity index is 1.62. The average Bonchev–Trinajstić information content (AvgIpc) is 3.26. The van der Waals surface area contributed by atoms with E-state index < -0.39 is 5.41 Å². The molecule has 0 aliphatic heterocycles. The molecule has 0 spiro atoms. The van der Waals surface area contributed by atoms with Crippen molar-refractivity contribution >= 4 is 22.7 Å². The molecule has 30 heavy (non-hydrogen) atoms. The van der Waals surface area contributed by atoms with E-state index in [1.54, 1.807) is 30.5 Å². The van der Waals surface area contributed by atoms with E-state index in [2.05, 4.69) is 32.8 Å². The summed E-state index contributed by atoms with van der Waals surface area (Å²) in [6.45, 7) is 6.02. The summed E-state index contributed by atoms with van der Waals surface area (Å²) in [6.07, 6.45) is 6.77. The van der Waals surface area contributed by atoms with Crippen molar-refractivity contribution in [3.05, 3.63) is 108 Å². The van der Waals surface area contributed by atoms with E-state index in [1.165, 1.54) is 12.1 Å². The van der Waals surface area contributed by atoms with Crippen LogP contribution in [0.5, 0.6) is 0 Å². The zero-order valence-electron chi connectivity index (χ0n) is 16.4. The van der Waals surface area contributed by atoms with Crippen molar-refractivity contribution in [1.82, 2.24) is 20.2 Å². The normalized spacial score (nSPS) is 13.4. The molecule has 4 aromatic rings. The van der Waals surface area contributed by atoms with E-state index in [0.717, 1.165) is 16.5 Å². The number of hydrogen-bond donors (Lipinski definition) is 2. The highest BCUT2D eigenvalue weighted by molar-refractivity contribution is 6.08. The van der Waals surface area contributed by atoms with Crippen molar-refractivity contribution in [3.63, 3.8) is 0 Å². The number of benzene rings is 2. The van der Waals surface area contributed by atoms with Gasteiger partial charge in [0, 0.05) is 17.1 Å². The van der Waals surface area contributed by atoms with Gasteiger partial charge in [-0.3, -0.25) is 10.1 Å². The lowest BCUT2D eigenvalue weighted by molar-refractivity contribution is 0.627. The van der Waals surface area contributed by atoms with Crippen molar-refractivity contribution in [2.24, 2.45) is 0 Å². The van der Waals surface area contributed by atoms with Crippen molar-refractivity contribution < 1.29 is 4.39 Å². The predicted molar refractivity (Wildman–Crippen MR) is 117 cm³/mol. The molecule has 0 saturated carbocycles. The van der Waals surface area contributed by atoms with E-state index in [9.17, 15) is 4.39 Å². The first-order valence-electron chi connectivity index (χ1n) is 9.44. The number of hydrogen-bond acceptors (Lipinski definition) is 4. The van der Waals surface area contributed by atoms with Crippen LogP contribution in [0.1, 0.15) is 29.7 Å². The summed E-state index contributed by atoms with van der Waals surface area (Å²) in [5.41, 5.74) is 2.01. The molecule has 0 fully saturated rings. The first-order chi connectivity index (χ1) is 14.5. The number of rotatable bonds is 6. The van der Waals surface area contributed by atoms with Gasteiger partial charge in [-0.2, -0.15) is 5.10 Å². The van der Waals surface area contributed by atoms with Crippen LogP contribution in [0.25, 0.3) is 17.0 Å². The number of nitrogens with zero attached hydrogens (tertiary/aromatic N) is 3. The topological polar surface area (TPSA) is 78.3 Å². The van der Waals surface area contributed by atoms with Crippen LogP contribution in [-0.2, 0) is 5.41 Å². The van der Waals surface area contributed by atoms with Crippen molar-refractivity contribution in [3.8, 4) is 0 Å². The molecule has 2 N–H and O–H groups in total. The fraction of sp³-hybridized carbons (Fsp3) is 0.0833. The Bertz CT molecular complexity index is 1270. The summed E-state index contributed by atoms with van der Waals surface area (Å²) in [4.78, 5) is 8.95. The van der Waals surface area contributed by atoms with Gasteiger partial charge in [-0.25, -0.2) is 9.37 Å². The van der Waals surface area contributed by atoms with Gasteiger partial charge in [0.2, 0.25) is 0 Å². The minimum Gasteiger partial charge on any atom is -0.300 e. The van der Waals surface area contributed by atoms with E-state index in [1.807, 2.05) is 37.3 Å². The van der Waals surface area contributed by atoms with Crippen LogP contribution >= 0.6 is 0 Å². The highest BCUT2D eigenvalue weighted by Crippen LogP contribution is 2.32. The Kier molecular flexibility index (Phi) is 5.06. The lowest BCUT2D eigenvalue weighted by Crippen LogP contribution is -2.22. The van der Waals surface area contributed by atoms with E-state index in [4.69, 9.17) is 5.41 Å². The maximum Gasteiger partial charge on any atom is 0.174 e. The quantitative estimate of drug-likeness (QED) is 0.352. The number of fused-ring (bicyclic) bond motifs is 1. The van der Waals surface area contributed by atoms with Gasteiger partial charge in [0.15, 0.2) is 5.82 Å². The second-order valence-electron chi connectivity index (χ2n) is 7.12. The molecule has 0 amide bonds. The highest BCUT2D eigenvalue weighted by Gasteiger charge is 2.29. The first kappa shape index (κ1) is 19.4. The molecule has 0 aliphatic carbocycles. The molecule has 148 valence electrons. The summed E-state index contributed by atoms with van der Waals surface area (Å²) in [5, 5.41) is 16.4. The van der Waals surface area contributed by atoms with Gasteiger partial charge in [-0.15, -0.1) is 6.58 Å². The second-order valence-corrected chi connectivity index (χ2v) is 7.12. The van der Waals surface area contributed by atoms with E-state index in [0.29, 0.717) is 17.2 Å². The maximum atomic E-state index is 13.4. The van der Waals surface area contributed by atoms with Crippen LogP contribution in [0.2, 0.25) is 0 Å². The fourth-order valence-corrected chi connectivity index (χ4v) is 3.24. The molecular formula is C24H20FN5. The van der Waals surface area contributed by atoms with Gasteiger partial charge >= 0.3 is 0 Å². The van der Waals surface area contributed by atoms with Crippen LogP contribution < -0.4 is 0 Å². The van der Waals surface area contributed by atoms with Gasteiger partial charge in [0.1, 0.15) is 11.6 Å². The average molecular weight is 397 g/mol. The zero-order chi connectivity index (χ0) is 21.1. The summed E-state index contributed by atoms with van der Waals surface area (Å²) < 4.78 is 13.4. The van der Waals surface area contributed by atoms with Gasteiger partial charge in [-0.1, -0.05) is 30.3 Å². The monoisotopic (exact) mass is 397 g/mol. The van der Waals surface area contributed by atoms with E-state index >= 15 is 0 Å². The molecule has 0 aliphatic rings. The number of nitrogens with one attached hydrogen (secondary N) is 2. The van der Waals surface area contributed by atoms with Crippen LogP contribution in [0.15, 0.2) is 79.5 Å². The largest absolute Gasteiger partial charge is 0.300 e. The second kappa shape index (κ2) is 7.83. The predicted octanol–water partition coefficient (Wildman–Crippen LogP) is 5.07. The van der Waals surface area contributed by atoms with Crippen LogP contribution in [-0.4, -0.2) is 25.9 Å². The molecule has 2 aromatic carbocycles. The lowest BCUT2D eigenvalue weighted by Gasteiger charge is -2.23. The van der Waals surface area contributed by atoms with Crippen LogP contribution in [0, 0.1) is 11.2 Å². The Morgan fingerprint density at radius 3 is 2.83 bits per heavy atom. The standard InChI is InChI=1S/C24H20FN5/c1-3-24(2,18-9-11-21-17(14-18)7-5-13-27-21)23-28-22(29-30-23)12-10-20(26)16-6-4-8-19(25)15-16/h3-15,26H,1H2,2H3,(H,28,29,30)/b12-10-,26-20?/t24-/m0/s1. The highest BCUT2D eigenvalue weighted by atomic mass is 19.1. The molecule has 0 bridgehead atoms. The molecule has 5 nitrogen and oxygen atoms in total. The minimum atomic E-state index is -0.584. The number of pyridine rings is 1. The smallest absolute Gasteiger partial charge is 0.174 e. The molecule has 2 heterocycles. The number of aromatic nitrogens is 4. The third kappa shape index (κ3) is 3.67. The molecule has 0 saturated heterocycles.